The van der Waals surface area contributed by atoms with E-state index in [1.54, 1.807) is 7.11 Å². The highest BCUT2D eigenvalue weighted by atomic mass is 16.5. The Kier molecular flexibility index (Phi) is 5.22. The average molecular weight is 228 g/mol. The molecule has 16 heavy (non-hydrogen) atoms. The SMILES string of the molecule is COCCCN1C(=O)C(CC(C)C)NC1C. The number of carbonyl (C=O) groups is 1. The van der Waals surface area contributed by atoms with Crippen molar-refractivity contribution in [3.8, 4) is 0 Å². The molecule has 0 spiro atoms. The van der Waals surface area contributed by atoms with Crippen LogP contribution in [0.15, 0.2) is 0 Å². The molecular weight excluding hydrogens is 204 g/mol. The molecule has 2 unspecified atom stereocenters. The second kappa shape index (κ2) is 6.21. The molecule has 1 aliphatic heterocycles. The molecular formula is C12H24N2O2. The predicted octanol–water partition coefficient (Wildman–Crippen LogP) is 1.22. The van der Waals surface area contributed by atoms with E-state index in [1.807, 2.05) is 11.8 Å². The highest BCUT2D eigenvalue weighted by molar-refractivity contribution is 5.84. The Labute approximate surface area is 98.3 Å². The zero-order valence-corrected chi connectivity index (χ0v) is 10.8. The van der Waals surface area contributed by atoms with Crippen molar-refractivity contribution in [2.45, 2.75) is 45.8 Å². The monoisotopic (exact) mass is 228 g/mol. The van der Waals surface area contributed by atoms with Crippen LogP contribution in [0.1, 0.15) is 33.6 Å². The van der Waals surface area contributed by atoms with Crippen molar-refractivity contribution < 1.29 is 9.53 Å². The van der Waals surface area contributed by atoms with Gasteiger partial charge < -0.3 is 9.64 Å². The summed E-state index contributed by atoms with van der Waals surface area (Å²) >= 11 is 0. The first-order chi connectivity index (χ1) is 7.56. The maximum Gasteiger partial charge on any atom is 0.241 e. The van der Waals surface area contributed by atoms with Gasteiger partial charge >= 0.3 is 0 Å². The number of carbonyl (C=O) groups excluding carboxylic acids is 1. The van der Waals surface area contributed by atoms with Gasteiger partial charge in [-0.3, -0.25) is 10.1 Å². The molecule has 1 amide bonds. The van der Waals surface area contributed by atoms with E-state index in [1.165, 1.54) is 0 Å². The summed E-state index contributed by atoms with van der Waals surface area (Å²) in [6, 6.07) is 0.0116. The summed E-state index contributed by atoms with van der Waals surface area (Å²) in [7, 11) is 1.69. The van der Waals surface area contributed by atoms with Crippen LogP contribution in [0.2, 0.25) is 0 Å². The van der Waals surface area contributed by atoms with E-state index in [0.717, 1.165) is 19.4 Å². The van der Waals surface area contributed by atoms with Crippen molar-refractivity contribution in [1.82, 2.24) is 10.2 Å². The smallest absolute Gasteiger partial charge is 0.241 e. The summed E-state index contributed by atoms with van der Waals surface area (Å²) in [5, 5.41) is 3.35. The fourth-order valence-electron chi connectivity index (χ4n) is 2.17. The molecule has 1 fully saturated rings. The molecule has 0 bridgehead atoms. The number of rotatable bonds is 6. The first kappa shape index (κ1) is 13.5. The number of ether oxygens (including phenoxy) is 1. The number of nitrogens with zero attached hydrogens (tertiary/aromatic N) is 1. The summed E-state index contributed by atoms with van der Waals surface area (Å²) < 4.78 is 5.01. The van der Waals surface area contributed by atoms with Crippen molar-refractivity contribution >= 4 is 5.91 Å². The molecule has 0 aromatic carbocycles. The average Bonchev–Trinajstić information content (AvgIpc) is 2.45. The molecule has 0 aliphatic carbocycles. The van der Waals surface area contributed by atoms with Crippen LogP contribution in [0.3, 0.4) is 0 Å². The van der Waals surface area contributed by atoms with Gasteiger partial charge in [0, 0.05) is 20.3 Å². The topological polar surface area (TPSA) is 41.6 Å². The zero-order chi connectivity index (χ0) is 12.1. The lowest BCUT2D eigenvalue weighted by Gasteiger charge is -2.20. The summed E-state index contributed by atoms with van der Waals surface area (Å²) in [4.78, 5) is 14.0. The van der Waals surface area contributed by atoms with Gasteiger partial charge in [-0.15, -0.1) is 0 Å². The van der Waals surface area contributed by atoms with E-state index < -0.39 is 0 Å². The molecule has 2 atom stereocenters. The van der Waals surface area contributed by atoms with Crippen molar-refractivity contribution in [2.24, 2.45) is 5.92 Å². The quantitative estimate of drug-likeness (QED) is 0.695. The van der Waals surface area contributed by atoms with Gasteiger partial charge in [0.15, 0.2) is 0 Å². The summed E-state index contributed by atoms with van der Waals surface area (Å²) in [6.45, 7) is 7.84. The second-order valence-corrected chi connectivity index (χ2v) is 4.90. The van der Waals surface area contributed by atoms with E-state index >= 15 is 0 Å². The molecule has 0 aromatic rings. The van der Waals surface area contributed by atoms with E-state index in [2.05, 4.69) is 19.2 Å². The fourth-order valence-corrected chi connectivity index (χ4v) is 2.17. The summed E-state index contributed by atoms with van der Waals surface area (Å²) in [6.07, 6.45) is 1.99. The van der Waals surface area contributed by atoms with Crippen LogP contribution < -0.4 is 5.32 Å². The highest BCUT2D eigenvalue weighted by Crippen LogP contribution is 2.16. The van der Waals surface area contributed by atoms with Gasteiger partial charge in [-0.05, 0) is 25.7 Å². The third-order valence-corrected chi connectivity index (χ3v) is 2.95. The predicted molar refractivity (Wildman–Crippen MR) is 64.0 cm³/mol. The lowest BCUT2D eigenvalue weighted by Crippen LogP contribution is -2.35. The molecule has 0 saturated carbocycles. The summed E-state index contributed by atoms with van der Waals surface area (Å²) in [5.41, 5.74) is 0. The molecule has 0 radical (unpaired) electrons. The van der Waals surface area contributed by atoms with Gasteiger partial charge in [-0.1, -0.05) is 13.8 Å². The molecule has 0 aromatic heterocycles. The number of methoxy groups -OCH3 is 1. The first-order valence-electron chi connectivity index (χ1n) is 6.11. The molecule has 1 N–H and O–H groups in total. The molecule has 94 valence electrons. The van der Waals surface area contributed by atoms with Crippen LogP contribution in [0.4, 0.5) is 0 Å². The third-order valence-electron chi connectivity index (χ3n) is 2.95. The fraction of sp³-hybridized carbons (Fsp3) is 0.917. The van der Waals surface area contributed by atoms with Crippen LogP contribution in [0, 0.1) is 5.92 Å². The molecule has 4 nitrogen and oxygen atoms in total. The molecule has 1 saturated heterocycles. The Balaban J connectivity index is 2.43. The third kappa shape index (κ3) is 3.46. The minimum Gasteiger partial charge on any atom is -0.385 e. The van der Waals surface area contributed by atoms with Crippen LogP contribution in [0.5, 0.6) is 0 Å². The lowest BCUT2D eigenvalue weighted by atomic mass is 10.0. The van der Waals surface area contributed by atoms with Gasteiger partial charge in [0.25, 0.3) is 0 Å². The van der Waals surface area contributed by atoms with Crippen LogP contribution in [-0.2, 0) is 9.53 Å². The Bertz CT molecular complexity index is 231. The van der Waals surface area contributed by atoms with Crippen molar-refractivity contribution in [1.29, 1.82) is 0 Å². The van der Waals surface area contributed by atoms with Gasteiger partial charge in [0.1, 0.15) is 0 Å². The Hall–Kier alpha value is -0.610. The Morgan fingerprint density at radius 1 is 1.50 bits per heavy atom. The molecule has 4 heteroatoms. The van der Waals surface area contributed by atoms with Crippen molar-refractivity contribution in [3.63, 3.8) is 0 Å². The molecule has 1 aliphatic rings. The number of hydrogen-bond acceptors (Lipinski definition) is 3. The van der Waals surface area contributed by atoms with Gasteiger partial charge in [0.05, 0.1) is 12.2 Å². The van der Waals surface area contributed by atoms with E-state index in [0.29, 0.717) is 12.5 Å². The first-order valence-corrected chi connectivity index (χ1v) is 6.11. The van der Waals surface area contributed by atoms with E-state index in [9.17, 15) is 4.79 Å². The number of nitrogens with one attached hydrogen (secondary N) is 1. The minimum absolute atomic E-state index is 0.0116. The second-order valence-electron chi connectivity index (χ2n) is 4.90. The summed E-state index contributed by atoms with van der Waals surface area (Å²) in [5.74, 6) is 0.796. The Morgan fingerprint density at radius 2 is 2.19 bits per heavy atom. The molecule has 1 heterocycles. The highest BCUT2D eigenvalue weighted by Gasteiger charge is 2.35. The van der Waals surface area contributed by atoms with Gasteiger partial charge in [0.2, 0.25) is 5.91 Å². The van der Waals surface area contributed by atoms with Gasteiger partial charge in [-0.25, -0.2) is 0 Å². The Morgan fingerprint density at radius 3 is 2.75 bits per heavy atom. The van der Waals surface area contributed by atoms with E-state index in [4.69, 9.17) is 4.74 Å². The van der Waals surface area contributed by atoms with Crippen LogP contribution >= 0.6 is 0 Å². The van der Waals surface area contributed by atoms with Crippen molar-refractivity contribution in [3.05, 3.63) is 0 Å². The molecule has 1 rings (SSSR count). The zero-order valence-electron chi connectivity index (χ0n) is 10.8. The van der Waals surface area contributed by atoms with Crippen molar-refractivity contribution in [2.75, 3.05) is 20.3 Å². The number of hydrogen-bond donors (Lipinski definition) is 1. The van der Waals surface area contributed by atoms with Crippen LogP contribution in [-0.4, -0.2) is 43.3 Å². The van der Waals surface area contributed by atoms with Gasteiger partial charge in [-0.2, -0.15) is 0 Å². The lowest BCUT2D eigenvalue weighted by molar-refractivity contribution is -0.130. The normalized spacial score (nSPS) is 25.8. The van der Waals surface area contributed by atoms with Crippen LogP contribution in [0.25, 0.3) is 0 Å². The maximum atomic E-state index is 12.1. The minimum atomic E-state index is 0.0116. The number of amides is 1. The maximum absolute atomic E-state index is 12.1. The standard InChI is InChI=1S/C12H24N2O2/c1-9(2)8-11-12(15)14(10(3)13-11)6-5-7-16-4/h9-11,13H,5-8H2,1-4H3. The van der Waals surface area contributed by atoms with E-state index in [-0.39, 0.29) is 18.1 Å². The largest absolute Gasteiger partial charge is 0.385 e.